The van der Waals surface area contributed by atoms with Gasteiger partial charge in [-0.3, -0.25) is 0 Å². The van der Waals surface area contributed by atoms with Crippen molar-refractivity contribution in [3.63, 3.8) is 0 Å². The maximum Gasteiger partial charge on any atom is 0.163 e. The molecule has 0 spiro atoms. The van der Waals surface area contributed by atoms with Crippen LogP contribution in [0.5, 0.6) is 5.75 Å². The van der Waals surface area contributed by atoms with E-state index in [1.54, 1.807) is 6.92 Å². The van der Waals surface area contributed by atoms with E-state index in [9.17, 15) is 5.11 Å². The summed E-state index contributed by atoms with van der Waals surface area (Å²) in [5.74, 6) is 0.830. The molecular weight excluding hydrogens is 264 g/mol. The van der Waals surface area contributed by atoms with E-state index in [0.717, 1.165) is 12.2 Å². The maximum absolute atomic E-state index is 10.0. The first kappa shape index (κ1) is 18.0. The zero-order valence-electron chi connectivity index (χ0n) is 14.1. The molecule has 1 atom stereocenters. The van der Waals surface area contributed by atoms with Crippen LogP contribution in [-0.2, 0) is 11.2 Å². The number of hydrogen-bond donors (Lipinski definition) is 1. The molecule has 0 aliphatic heterocycles. The smallest absolute Gasteiger partial charge is 0.163 e. The van der Waals surface area contributed by atoms with Crippen molar-refractivity contribution in [2.45, 2.75) is 53.2 Å². The van der Waals surface area contributed by atoms with Crippen molar-refractivity contribution in [1.82, 2.24) is 0 Å². The fourth-order valence-electron chi connectivity index (χ4n) is 2.43. The van der Waals surface area contributed by atoms with Gasteiger partial charge in [-0.25, -0.2) is 0 Å². The van der Waals surface area contributed by atoms with Gasteiger partial charge >= 0.3 is 0 Å². The van der Waals surface area contributed by atoms with Crippen LogP contribution in [-0.4, -0.2) is 24.1 Å². The highest BCUT2D eigenvalue weighted by Gasteiger charge is 2.22. The summed E-state index contributed by atoms with van der Waals surface area (Å²) in [5, 5.41) is 10.0. The predicted molar refractivity (Wildman–Crippen MR) is 86.5 cm³/mol. The van der Waals surface area contributed by atoms with E-state index >= 15 is 0 Å². The summed E-state index contributed by atoms with van der Waals surface area (Å²) >= 11 is 0. The fourth-order valence-corrected chi connectivity index (χ4v) is 2.43. The molecule has 0 bridgehead atoms. The van der Waals surface area contributed by atoms with Crippen LogP contribution in [0, 0.1) is 11.8 Å². The molecule has 21 heavy (non-hydrogen) atoms. The monoisotopic (exact) mass is 294 g/mol. The minimum Gasteiger partial charge on any atom is -0.491 e. The molecular formula is C18H30O3. The van der Waals surface area contributed by atoms with E-state index < -0.39 is 5.79 Å². The Kier molecular flexibility index (Phi) is 7.20. The van der Waals surface area contributed by atoms with E-state index in [-0.39, 0.29) is 0 Å². The molecule has 0 fully saturated rings. The second kappa shape index (κ2) is 8.40. The second-order valence-corrected chi connectivity index (χ2v) is 6.71. The molecule has 1 rings (SSSR count). The molecule has 0 saturated carbocycles. The van der Waals surface area contributed by atoms with Gasteiger partial charge in [0.05, 0.1) is 6.61 Å². The second-order valence-electron chi connectivity index (χ2n) is 6.71. The van der Waals surface area contributed by atoms with Crippen LogP contribution >= 0.6 is 0 Å². The molecule has 0 aliphatic rings. The summed E-state index contributed by atoms with van der Waals surface area (Å²) < 4.78 is 11.1. The molecule has 1 aromatic rings. The van der Waals surface area contributed by atoms with Gasteiger partial charge in [0.1, 0.15) is 12.4 Å². The lowest BCUT2D eigenvalue weighted by Gasteiger charge is -2.25. The molecule has 1 N–H and O–H groups in total. The zero-order chi connectivity index (χ0) is 15.9. The van der Waals surface area contributed by atoms with Crippen LogP contribution < -0.4 is 4.74 Å². The topological polar surface area (TPSA) is 38.7 Å². The summed E-state index contributed by atoms with van der Waals surface area (Å²) in [7, 11) is 0. The van der Waals surface area contributed by atoms with Crippen molar-refractivity contribution in [3.05, 3.63) is 29.8 Å². The molecule has 0 aliphatic carbocycles. The van der Waals surface area contributed by atoms with Crippen LogP contribution in [0.2, 0.25) is 0 Å². The third kappa shape index (κ3) is 8.08. The fraction of sp³-hybridized carbons (Fsp3) is 0.667. The van der Waals surface area contributed by atoms with Gasteiger partial charge in [0.15, 0.2) is 5.79 Å². The Balaban J connectivity index is 2.29. The van der Waals surface area contributed by atoms with E-state index in [2.05, 4.69) is 39.8 Å². The third-order valence-electron chi connectivity index (χ3n) is 3.12. The van der Waals surface area contributed by atoms with E-state index in [4.69, 9.17) is 9.47 Å². The Morgan fingerprint density at radius 2 is 1.62 bits per heavy atom. The average molecular weight is 294 g/mol. The standard InChI is InChI=1S/C18H30O3/c1-14(2)12-16-6-8-17(9-7-16)20-10-11-21-18(5,19)13-15(3)4/h6-9,14-15,19H,10-13H2,1-5H3. The highest BCUT2D eigenvalue weighted by Crippen LogP contribution is 2.18. The summed E-state index contributed by atoms with van der Waals surface area (Å²) in [5.41, 5.74) is 1.33. The minimum atomic E-state index is -1.07. The van der Waals surface area contributed by atoms with Gasteiger partial charge in [0, 0.05) is 6.42 Å². The van der Waals surface area contributed by atoms with Gasteiger partial charge in [0.25, 0.3) is 0 Å². The Bertz CT molecular complexity index is 393. The first-order valence-corrected chi connectivity index (χ1v) is 7.86. The predicted octanol–water partition coefficient (Wildman–Crippen LogP) is 4.04. The van der Waals surface area contributed by atoms with Crippen molar-refractivity contribution in [2.75, 3.05) is 13.2 Å². The summed E-state index contributed by atoms with van der Waals surface area (Å²) in [6.07, 6.45) is 1.71. The van der Waals surface area contributed by atoms with Crippen molar-refractivity contribution in [1.29, 1.82) is 0 Å². The van der Waals surface area contributed by atoms with Gasteiger partial charge in [-0.05, 0) is 42.9 Å². The van der Waals surface area contributed by atoms with Crippen LogP contribution in [0.4, 0.5) is 0 Å². The molecule has 3 heteroatoms. The summed E-state index contributed by atoms with van der Waals surface area (Å²) in [6, 6.07) is 8.18. The Morgan fingerprint density at radius 1 is 1.00 bits per heavy atom. The lowest BCUT2D eigenvalue weighted by molar-refractivity contribution is -0.202. The zero-order valence-corrected chi connectivity index (χ0v) is 14.1. The van der Waals surface area contributed by atoms with Gasteiger partial charge in [-0.1, -0.05) is 39.8 Å². The van der Waals surface area contributed by atoms with Crippen molar-refractivity contribution < 1.29 is 14.6 Å². The molecule has 0 aromatic heterocycles. The SMILES string of the molecule is CC(C)Cc1ccc(OCCOC(C)(O)CC(C)C)cc1. The van der Waals surface area contributed by atoms with Crippen LogP contribution in [0.1, 0.15) is 46.6 Å². The molecule has 3 nitrogen and oxygen atoms in total. The summed E-state index contributed by atoms with van der Waals surface area (Å²) in [4.78, 5) is 0. The Hall–Kier alpha value is -1.06. The number of ether oxygens (including phenoxy) is 2. The summed E-state index contributed by atoms with van der Waals surface area (Å²) in [6.45, 7) is 11.1. The molecule has 0 saturated heterocycles. The number of aliphatic hydroxyl groups is 1. The Labute approximate surface area is 129 Å². The van der Waals surface area contributed by atoms with Crippen molar-refractivity contribution >= 4 is 0 Å². The minimum absolute atomic E-state index is 0.382. The third-order valence-corrected chi connectivity index (χ3v) is 3.12. The van der Waals surface area contributed by atoms with E-state index in [1.165, 1.54) is 5.56 Å². The van der Waals surface area contributed by atoms with E-state index in [0.29, 0.717) is 31.5 Å². The van der Waals surface area contributed by atoms with Crippen LogP contribution in [0.25, 0.3) is 0 Å². The van der Waals surface area contributed by atoms with Crippen molar-refractivity contribution in [3.8, 4) is 5.75 Å². The largest absolute Gasteiger partial charge is 0.491 e. The maximum atomic E-state index is 10.0. The van der Waals surface area contributed by atoms with Crippen LogP contribution in [0.15, 0.2) is 24.3 Å². The lowest BCUT2D eigenvalue weighted by Crippen LogP contribution is -2.31. The number of hydrogen-bond acceptors (Lipinski definition) is 3. The average Bonchev–Trinajstić information content (AvgIpc) is 2.34. The quantitative estimate of drug-likeness (QED) is 0.552. The number of benzene rings is 1. The molecule has 0 radical (unpaired) electrons. The highest BCUT2D eigenvalue weighted by molar-refractivity contribution is 5.27. The molecule has 0 amide bonds. The number of rotatable bonds is 9. The molecule has 1 unspecified atom stereocenters. The van der Waals surface area contributed by atoms with Gasteiger partial charge in [-0.2, -0.15) is 0 Å². The van der Waals surface area contributed by atoms with Crippen molar-refractivity contribution in [2.24, 2.45) is 11.8 Å². The van der Waals surface area contributed by atoms with Gasteiger partial charge in [0.2, 0.25) is 0 Å². The van der Waals surface area contributed by atoms with Crippen LogP contribution in [0.3, 0.4) is 0 Å². The highest BCUT2D eigenvalue weighted by atomic mass is 16.6. The van der Waals surface area contributed by atoms with E-state index in [1.807, 2.05) is 12.1 Å². The normalized spacial score (nSPS) is 14.5. The first-order valence-electron chi connectivity index (χ1n) is 7.86. The molecule has 1 aromatic carbocycles. The Morgan fingerprint density at radius 3 is 2.14 bits per heavy atom. The molecule has 120 valence electrons. The lowest BCUT2D eigenvalue weighted by atomic mass is 10.0. The first-order chi connectivity index (χ1) is 9.78. The molecule has 0 heterocycles. The van der Waals surface area contributed by atoms with Gasteiger partial charge < -0.3 is 14.6 Å². The van der Waals surface area contributed by atoms with Gasteiger partial charge in [-0.15, -0.1) is 0 Å².